The second-order valence-corrected chi connectivity index (χ2v) is 3.73. The van der Waals surface area contributed by atoms with E-state index in [0.717, 1.165) is 6.42 Å². The van der Waals surface area contributed by atoms with Crippen molar-refractivity contribution in [3.8, 4) is 0 Å². The van der Waals surface area contributed by atoms with Crippen LogP contribution >= 0.6 is 0 Å². The standard InChI is InChI=1S/C9H11N3O4/c1-16-8(15)9(3-2-4-9)12-5-6(7(13)14)10-11-12/h5H,2-4H2,1H3,(H,13,14). The summed E-state index contributed by atoms with van der Waals surface area (Å²) in [6.45, 7) is 0. The molecule has 7 nitrogen and oxygen atoms in total. The second kappa shape index (κ2) is 3.58. The Morgan fingerprint density at radius 1 is 1.56 bits per heavy atom. The summed E-state index contributed by atoms with van der Waals surface area (Å²) in [4.78, 5) is 22.3. The largest absolute Gasteiger partial charge is 0.476 e. The van der Waals surface area contributed by atoms with Crippen molar-refractivity contribution in [2.45, 2.75) is 24.8 Å². The van der Waals surface area contributed by atoms with Crippen LogP contribution in [-0.4, -0.2) is 39.1 Å². The number of carboxylic acids is 1. The topological polar surface area (TPSA) is 94.3 Å². The number of carbonyl (C=O) groups is 2. The normalized spacial score (nSPS) is 17.6. The number of aromatic nitrogens is 3. The fraction of sp³-hybridized carbons (Fsp3) is 0.556. The first-order chi connectivity index (χ1) is 7.60. The van der Waals surface area contributed by atoms with Crippen LogP contribution in [0.3, 0.4) is 0 Å². The maximum Gasteiger partial charge on any atom is 0.358 e. The van der Waals surface area contributed by atoms with Crippen LogP contribution in [0.1, 0.15) is 29.8 Å². The molecular weight excluding hydrogens is 214 g/mol. The fourth-order valence-electron chi connectivity index (χ4n) is 1.80. The molecule has 0 bridgehead atoms. The van der Waals surface area contributed by atoms with Crippen LogP contribution in [0.2, 0.25) is 0 Å². The van der Waals surface area contributed by atoms with E-state index in [4.69, 9.17) is 9.84 Å². The molecule has 86 valence electrons. The molecule has 0 amide bonds. The van der Waals surface area contributed by atoms with Gasteiger partial charge in [-0.15, -0.1) is 5.10 Å². The van der Waals surface area contributed by atoms with Crippen LogP contribution in [0.4, 0.5) is 0 Å². The van der Waals surface area contributed by atoms with E-state index in [1.807, 2.05) is 0 Å². The van der Waals surface area contributed by atoms with Crippen molar-refractivity contribution < 1.29 is 19.4 Å². The van der Waals surface area contributed by atoms with E-state index in [1.54, 1.807) is 0 Å². The lowest BCUT2D eigenvalue weighted by atomic mass is 9.77. The van der Waals surface area contributed by atoms with Gasteiger partial charge in [0.2, 0.25) is 0 Å². The van der Waals surface area contributed by atoms with Gasteiger partial charge >= 0.3 is 11.9 Å². The summed E-state index contributed by atoms with van der Waals surface area (Å²) in [5.74, 6) is -1.56. The Morgan fingerprint density at radius 2 is 2.25 bits per heavy atom. The SMILES string of the molecule is COC(=O)C1(n2cc(C(=O)O)nn2)CCC1. The Hall–Kier alpha value is -1.92. The van der Waals surface area contributed by atoms with Crippen LogP contribution in [-0.2, 0) is 15.1 Å². The fourth-order valence-corrected chi connectivity index (χ4v) is 1.80. The number of hydrogen-bond acceptors (Lipinski definition) is 5. The summed E-state index contributed by atoms with van der Waals surface area (Å²) in [6.07, 6.45) is 3.35. The molecule has 0 unspecified atom stereocenters. The van der Waals surface area contributed by atoms with E-state index in [9.17, 15) is 9.59 Å². The van der Waals surface area contributed by atoms with Crippen molar-refractivity contribution in [1.29, 1.82) is 0 Å². The van der Waals surface area contributed by atoms with Crippen molar-refractivity contribution in [3.63, 3.8) is 0 Å². The Balaban J connectivity index is 2.33. The van der Waals surface area contributed by atoms with Crippen LogP contribution in [0.5, 0.6) is 0 Å². The number of methoxy groups -OCH3 is 1. The number of rotatable bonds is 3. The van der Waals surface area contributed by atoms with Gasteiger partial charge in [0.1, 0.15) is 0 Å². The van der Waals surface area contributed by atoms with Crippen molar-refractivity contribution in [2.75, 3.05) is 7.11 Å². The van der Waals surface area contributed by atoms with Gasteiger partial charge in [0.05, 0.1) is 13.3 Å². The monoisotopic (exact) mass is 225 g/mol. The highest BCUT2D eigenvalue weighted by molar-refractivity contribution is 5.85. The number of carbonyl (C=O) groups excluding carboxylic acids is 1. The first kappa shape index (κ1) is 10.6. The third kappa shape index (κ3) is 1.36. The van der Waals surface area contributed by atoms with E-state index in [1.165, 1.54) is 18.0 Å². The Morgan fingerprint density at radius 3 is 2.62 bits per heavy atom. The van der Waals surface area contributed by atoms with Crippen molar-refractivity contribution >= 4 is 11.9 Å². The number of aromatic carboxylic acids is 1. The van der Waals surface area contributed by atoms with Gasteiger partial charge in [-0.2, -0.15) is 0 Å². The predicted molar refractivity (Wildman–Crippen MR) is 50.8 cm³/mol. The first-order valence-corrected chi connectivity index (χ1v) is 4.85. The molecule has 1 heterocycles. The van der Waals surface area contributed by atoms with Gasteiger partial charge in [0.25, 0.3) is 0 Å². The molecule has 1 N–H and O–H groups in total. The lowest BCUT2D eigenvalue weighted by Gasteiger charge is -2.38. The third-order valence-corrected chi connectivity index (χ3v) is 2.90. The van der Waals surface area contributed by atoms with Gasteiger partial charge in [-0.05, 0) is 19.3 Å². The molecule has 0 saturated heterocycles. The Labute approximate surface area is 91.0 Å². The molecule has 1 saturated carbocycles. The zero-order valence-electron chi connectivity index (χ0n) is 8.71. The van der Waals surface area contributed by atoms with Gasteiger partial charge in [0, 0.05) is 0 Å². The quantitative estimate of drug-likeness (QED) is 0.729. The second-order valence-electron chi connectivity index (χ2n) is 3.73. The first-order valence-electron chi connectivity index (χ1n) is 4.85. The molecule has 0 aromatic carbocycles. The number of nitrogens with zero attached hydrogens (tertiary/aromatic N) is 3. The minimum absolute atomic E-state index is 0.171. The molecule has 1 aliphatic carbocycles. The summed E-state index contributed by atoms with van der Waals surface area (Å²) in [6, 6.07) is 0. The average molecular weight is 225 g/mol. The van der Waals surface area contributed by atoms with Crippen LogP contribution in [0.25, 0.3) is 0 Å². The molecule has 1 aromatic rings. The lowest BCUT2D eigenvalue weighted by Crippen LogP contribution is -2.49. The number of hydrogen-bond donors (Lipinski definition) is 1. The molecule has 7 heteroatoms. The molecule has 0 aliphatic heterocycles. The molecule has 1 fully saturated rings. The van der Waals surface area contributed by atoms with Crippen LogP contribution < -0.4 is 0 Å². The van der Waals surface area contributed by atoms with Gasteiger partial charge in [-0.25, -0.2) is 14.3 Å². The zero-order chi connectivity index (χ0) is 11.8. The van der Waals surface area contributed by atoms with Crippen LogP contribution in [0.15, 0.2) is 6.20 Å². The maximum atomic E-state index is 11.6. The molecular formula is C9H11N3O4. The molecule has 2 rings (SSSR count). The minimum Gasteiger partial charge on any atom is -0.476 e. The van der Waals surface area contributed by atoms with E-state index < -0.39 is 17.5 Å². The van der Waals surface area contributed by atoms with Crippen molar-refractivity contribution in [2.24, 2.45) is 0 Å². The molecule has 0 spiro atoms. The van der Waals surface area contributed by atoms with Crippen molar-refractivity contribution in [1.82, 2.24) is 15.0 Å². The minimum atomic E-state index is -1.16. The van der Waals surface area contributed by atoms with E-state index in [-0.39, 0.29) is 5.69 Å². The van der Waals surface area contributed by atoms with Gasteiger partial charge in [0.15, 0.2) is 11.2 Å². The highest BCUT2D eigenvalue weighted by Gasteiger charge is 2.48. The molecule has 1 aliphatic rings. The van der Waals surface area contributed by atoms with E-state index >= 15 is 0 Å². The number of carboxylic acid groups (broad SMARTS) is 1. The van der Waals surface area contributed by atoms with Gasteiger partial charge in [-0.3, -0.25) is 0 Å². The Kier molecular flexibility index (Phi) is 2.37. The van der Waals surface area contributed by atoms with E-state index in [0.29, 0.717) is 12.8 Å². The van der Waals surface area contributed by atoms with Gasteiger partial charge < -0.3 is 9.84 Å². The summed E-state index contributed by atoms with van der Waals surface area (Å²) >= 11 is 0. The zero-order valence-corrected chi connectivity index (χ0v) is 8.71. The summed E-state index contributed by atoms with van der Waals surface area (Å²) in [5.41, 5.74) is -1.02. The smallest absolute Gasteiger partial charge is 0.358 e. The van der Waals surface area contributed by atoms with Crippen molar-refractivity contribution in [3.05, 3.63) is 11.9 Å². The van der Waals surface area contributed by atoms with E-state index in [2.05, 4.69) is 10.3 Å². The summed E-state index contributed by atoms with van der Waals surface area (Å²) in [5, 5.41) is 15.9. The summed E-state index contributed by atoms with van der Waals surface area (Å²) in [7, 11) is 1.30. The highest BCUT2D eigenvalue weighted by Crippen LogP contribution is 2.39. The van der Waals surface area contributed by atoms with Crippen LogP contribution in [0, 0.1) is 0 Å². The average Bonchev–Trinajstić information content (AvgIpc) is 2.65. The highest BCUT2D eigenvalue weighted by atomic mass is 16.5. The third-order valence-electron chi connectivity index (χ3n) is 2.90. The molecule has 0 atom stereocenters. The molecule has 16 heavy (non-hydrogen) atoms. The van der Waals surface area contributed by atoms with Gasteiger partial charge in [-0.1, -0.05) is 5.21 Å². The molecule has 0 radical (unpaired) electrons. The number of esters is 1. The number of ether oxygens (including phenoxy) is 1. The lowest BCUT2D eigenvalue weighted by molar-refractivity contribution is -0.157. The predicted octanol–water partition coefficient (Wildman–Crippen LogP) is 0.0285. The Bertz CT molecular complexity index is 436. The molecule has 1 aromatic heterocycles. The maximum absolute atomic E-state index is 11.6. The summed E-state index contributed by atoms with van der Waals surface area (Å²) < 4.78 is 6.00.